The number of fused-ring (bicyclic) bond motifs is 1. The summed E-state index contributed by atoms with van der Waals surface area (Å²) in [5.74, 6) is -4.70. The van der Waals surface area contributed by atoms with Crippen molar-refractivity contribution >= 4 is 11.8 Å². The molecule has 0 bridgehead atoms. The molecule has 0 radical (unpaired) electrons. The first kappa shape index (κ1) is 29.8. The van der Waals surface area contributed by atoms with Crippen molar-refractivity contribution in [2.75, 3.05) is 38.2 Å². The molecule has 2 fully saturated rings. The number of likely N-dealkylation sites (tertiary alicyclic amines) is 1. The largest absolute Gasteiger partial charge is 0.480 e. The highest BCUT2D eigenvalue weighted by Gasteiger charge is 2.45. The second kappa shape index (κ2) is 13.5. The van der Waals surface area contributed by atoms with Gasteiger partial charge in [0.15, 0.2) is 0 Å². The summed E-state index contributed by atoms with van der Waals surface area (Å²) < 4.78 is 56.2. The summed E-state index contributed by atoms with van der Waals surface area (Å²) in [6.07, 6.45) is 5.10. The van der Waals surface area contributed by atoms with Gasteiger partial charge in [0.1, 0.15) is 17.7 Å². The Balaban J connectivity index is 1.17. The topological polar surface area (TPSA) is 83.9 Å². The number of nitrogens with zero attached hydrogens (tertiary/aromatic N) is 2. The number of alkyl halides is 2. The molecule has 1 aromatic heterocycles. The number of aliphatic carboxylic acids is 1. The molecule has 5 rings (SSSR count). The molecule has 7 nitrogen and oxygen atoms in total. The van der Waals surface area contributed by atoms with Crippen LogP contribution in [0.5, 0.6) is 0 Å². The minimum Gasteiger partial charge on any atom is -0.480 e. The number of unbranched alkanes of at least 4 members (excludes halogenated alkanes) is 1. The third-order valence-corrected chi connectivity index (χ3v) is 8.61. The van der Waals surface area contributed by atoms with Crippen LogP contribution in [-0.4, -0.2) is 65.8 Å². The Labute approximate surface area is 239 Å². The predicted molar refractivity (Wildman–Crippen MR) is 149 cm³/mol. The summed E-state index contributed by atoms with van der Waals surface area (Å²) in [5, 5.41) is 13.5. The number of aryl methyl sites for hydroxylation is 2. The van der Waals surface area contributed by atoms with Crippen LogP contribution in [-0.2, 0) is 33.7 Å². The first-order valence-electron chi connectivity index (χ1n) is 14.8. The lowest BCUT2D eigenvalue weighted by Crippen LogP contribution is -2.36. The number of benzene rings is 1. The number of pyridine rings is 1. The fraction of sp³-hybridized carbons (Fsp3) is 0.613. The number of ether oxygens (including phenoxy) is 2. The molecule has 2 atom stereocenters. The van der Waals surface area contributed by atoms with Gasteiger partial charge in [-0.2, -0.15) is 0 Å². The lowest BCUT2D eigenvalue weighted by molar-refractivity contribution is -0.143. The molecule has 1 unspecified atom stereocenters. The van der Waals surface area contributed by atoms with Crippen LogP contribution in [0.1, 0.15) is 73.4 Å². The second-order valence-corrected chi connectivity index (χ2v) is 11.5. The summed E-state index contributed by atoms with van der Waals surface area (Å²) in [7, 11) is 0. The molecule has 2 aromatic rings. The van der Waals surface area contributed by atoms with E-state index in [1.165, 1.54) is 23.8 Å². The molecule has 0 spiro atoms. The smallest absolute Gasteiger partial charge is 0.325 e. The van der Waals surface area contributed by atoms with Gasteiger partial charge >= 0.3 is 5.97 Å². The van der Waals surface area contributed by atoms with Crippen molar-refractivity contribution in [3.63, 3.8) is 0 Å². The monoisotopic (exact) mass is 575 g/mol. The molecule has 224 valence electrons. The van der Waals surface area contributed by atoms with Crippen molar-refractivity contribution in [3.8, 4) is 0 Å². The van der Waals surface area contributed by atoms with E-state index in [4.69, 9.17) is 9.47 Å². The van der Waals surface area contributed by atoms with Gasteiger partial charge in [-0.1, -0.05) is 12.1 Å². The highest BCUT2D eigenvalue weighted by Crippen LogP contribution is 2.40. The SMILES string of the molecule is O=C(O)[C@H](c1cc(F)ccc1COC1CCOCC1)N1CCC(C(F)(F)CCCCc2ccc3c(n2)NCCC3)C1. The third-order valence-electron chi connectivity index (χ3n) is 8.61. The molecule has 41 heavy (non-hydrogen) atoms. The average Bonchev–Trinajstić information content (AvgIpc) is 3.46. The first-order chi connectivity index (χ1) is 19.8. The van der Waals surface area contributed by atoms with E-state index >= 15 is 8.78 Å². The van der Waals surface area contributed by atoms with Crippen molar-refractivity contribution in [2.45, 2.75) is 82.5 Å². The van der Waals surface area contributed by atoms with Crippen LogP contribution in [0.25, 0.3) is 0 Å². The third kappa shape index (κ3) is 7.59. The second-order valence-electron chi connectivity index (χ2n) is 11.5. The van der Waals surface area contributed by atoms with Gasteiger partial charge in [0.05, 0.1) is 12.7 Å². The number of anilines is 1. The standard InChI is InChI=1S/C31H40F3N3O4/c32-24-8-6-22(20-41-26-11-16-40-17-12-26)27(18-24)28(30(38)39)37-15-10-23(19-37)31(33,34)13-2-1-5-25-9-7-21-4-3-14-35-29(21)36-25/h6-9,18,23,26,28H,1-5,10-17,19-20H2,(H,35,36)(H,38,39)/t23?,28-/m0/s1. The van der Waals surface area contributed by atoms with Crippen LogP contribution in [0.15, 0.2) is 30.3 Å². The molecular weight excluding hydrogens is 535 g/mol. The summed E-state index contributed by atoms with van der Waals surface area (Å²) in [6, 6.07) is 6.86. The van der Waals surface area contributed by atoms with E-state index in [9.17, 15) is 14.3 Å². The van der Waals surface area contributed by atoms with Gasteiger partial charge in [0.2, 0.25) is 0 Å². The fourth-order valence-electron chi connectivity index (χ4n) is 6.23. The van der Waals surface area contributed by atoms with E-state index in [1.807, 2.05) is 6.07 Å². The molecule has 3 aliphatic heterocycles. The molecule has 0 saturated carbocycles. The predicted octanol–water partition coefficient (Wildman–Crippen LogP) is 5.77. The number of hydrogen-bond donors (Lipinski definition) is 2. The Morgan fingerprint density at radius 3 is 2.83 bits per heavy atom. The van der Waals surface area contributed by atoms with Gasteiger partial charge < -0.3 is 19.9 Å². The molecule has 1 aromatic carbocycles. The summed E-state index contributed by atoms with van der Waals surface area (Å²) in [4.78, 5) is 18.6. The normalized spacial score (nSPS) is 20.9. The van der Waals surface area contributed by atoms with E-state index < -0.39 is 29.7 Å². The van der Waals surface area contributed by atoms with Crippen LogP contribution >= 0.6 is 0 Å². The summed E-state index contributed by atoms with van der Waals surface area (Å²) in [5.41, 5.74) is 2.94. The lowest BCUT2D eigenvalue weighted by atomic mass is 9.94. The highest BCUT2D eigenvalue weighted by molar-refractivity contribution is 5.76. The van der Waals surface area contributed by atoms with Crippen molar-refractivity contribution < 1.29 is 32.5 Å². The maximum Gasteiger partial charge on any atom is 0.325 e. The molecule has 0 aliphatic carbocycles. The molecule has 0 amide bonds. The van der Waals surface area contributed by atoms with Gasteiger partial charge in [-0.05, 0) is 92.8 Å². The van der Waals surface area contributed by atoms with Crippen molar-refractivity contribution in [1.29, 1.82) is 0 Å². The number of hydrogen-bond acceptors (Lipinski definition) is 6. The molecule has 2 saturated heterocycles. The molecule has 10 heteroatoms. The van der Waals surface area contributed by atoms with Crippen LogP contribution < -0.4 is 5.32 Å². The van der Waals surface area contributed by atoms with Crippen molar-refractivity contribution in [3.05, 3.63) is 58.5 Å². The van der Waals surface area contributed by atoms with Crippen LogP contribution in [0.3, 0.4) is 0 Å². The van der Waals surface area contributed by atoms with Crippen molar-refractivity contribution in [2.24, 2.45) is 5.92 Å². The van der Waals surface area contributed by atoms with Gasteiger partial charge in [-0.15, -0.1) is 0 Å². The Morgan fingerprint density at radius 2 is 2.02 bits per heavy atom. The number of aromatic nitrogens is 1. The number of halogens is 3. The minimum absolute atomic E-state index is 0.0144. The van der Waals surface area contributed by atoms with Gasteiger partial charge in [-0.3, -0.25) is 9.69 Å². The zero-order valence-corrected chi connectivity index (χ0v) is 23.4. The zero-order chi connectivity index (χ0) is 28.8. The summed E-state index contributed by atoms with van der Waals surface area (Å²) in [6.45, 7) is 2.39. The van der Waals surface area contributed by atoms with Crippen LogP contribution in [0, 0.1) is 11.7 Å². The molecular formula is C31H40F3N3O4. The van der Waals surface area contributed by atoms with E-state index in [-0.39, 0.29) is 44.2 Å². The quantitative estimate of drug-likeness (QED) is 0.311. The van der Waals surface area contributed by atoms with E-state index in [1.54, 1.807) is 4.90 Å². The molecule has 2 N–H and O–H groups in total. The van der Waals surface area contributed by atoms with Crippen LogP contribution in [0.4, 0.5) is 19.0 Å². The van der Waals surface area contributed by atoms with Gasteiger partial charge in [0.25, 0.3) is 5.92 Å². The fourth-order valence-corrected chi connectivity index (χ4v) is 6.23. The van der Waals surface area contributed by atoms with E-state index in [2.05, 4.69) is 16.4 Å². The van der Waals surface area contributed by atoms with E-state index in [0.29, 0.717) is 38.0 Å². The van der Waals surface area contributed by atoms with Gasteiger partial charge in [-0.25, -0.2) is 18.2 Å². The number of carboxylic acids is 1. The zero-order valence-electron chi connectivity index (χ0n) is 23.4. The Hall–Kier alpha value is -2.69. The Bertz CT molecular complexity index is 1190. The number of rotatable bonds is 12. The summed E-state index contributed by atoms with van der Waals surface area (Å²) >= 11 is 0. The first-order valence-corrected chi connectivity index (χ1v) is 14.8. The average molecular weight is 576 g/mol. The number of carboxylic acid groups (broad SMARTS) is 1. The minimum atomic E-state index is -2.92. The van der Waals surface area contributed by atoms with Crippen LogP contribution in [0.2, 0.25) is 0 Å². The lowest BCUT2D eigenvalue weighted by Gasteiger charge is -2.29. The Kier molecular flexibility index (Phi) is 9.83. The molecule has 3 aliphatic rings. The number of carbonyl (C=O) groups is 1. The Morgan fingerprint density at radius 1 is 1.20 bits per heavy atom. The van der Waals surface area contributed by atoms with Crippen molar-refractivity contribution in [1.82, 2.24) is 9.88 Å². The van der Waals surface area contributed by atoms with E-state index in [0.717, 1.165) is 43.7 Å². The maximum absolute atomic E-state index is 15.3. The number of nitrogens with one attached hydrogen (secondary N) is 1. The molecule has 4 heterocycles. The highest BCUT2D eigenvalue weighted by atomic mass is 19.3. The maximum atomic E-state index is 15.3. The van der Waals surface area contributed by atoms with Gasteiger partial charge in [0, 0.05) is 44.3 Å².